The Balaban J connectivity index is 2.35. The summed E-state index contributed by atoms with van der Waals surface area (Å²) >= 11 is 1.82. The highest BCUT2D eigenvalue weighted by molar-refractivity contribution is 14.1. The van der Waals surface area contributed by atoms with E-state index < -0.39 is 0 Å². The first-order chi connectivity index (χ1) is 6.13. The van der Waals surface area contributed by atoms with Gasteiger partial charge in [0.25, 0.3) is 0 Å². The Morgan fingerprint density at radius 3 is 2.92 bits per heavy atom. The van der Waals surface area contributed by atoms with Crippen molar-refractivity contribution in [2.45, 2.75) is 44.5 Å². The standard InChI is InChI=1S/C9H15IO3/c1-6-5-8(12-2)7(13-6)3-4-9(10)11/h6-8H,3-5H2,1-2H3/t6-,7+,8?/m0/s1. The lowest BCUT2D eigenvalue weighted by molar-refractivity contribution is -0.110. The largest absolute Gasteiger partial charge is 0.379 e. The number of methoxy groups -OCH3 is 1. The lowest BCUT2D eigenvalue weighted by Gasteiger charge is -2.15. The molecule has 1 fully saturated rings. The van der Waals surface area contributed by atoms with Gasteiger partial charge in [0.15, 0.2) is 3.79 Å². The van der Waals surface area contributed by atoms with Gasteiger partial charge < -0.3 is 9.47 Å². The van der Waals surface area contributed by atoms with Gasteiger partial charge >= 0.3 is 0 Å². The number of rotatable bonds is 4. The molecule has 3 nitrogen and oxygen atoms in total. The maximum atomic E-state index is 10.8. The van der Waals surface area contributed by atoms with Gasteiger partial charge in [-0.05, 0) is 35.9 Å². The summed E-state index contributed by atoms with van der Waals surface area (Å²) in [6.45, 7) is 2.04. The minimum atomic E-state index is 0.110. The molecule has 0 N–H and O–H groups in total. The molecule has 4 heteroatoms. The number of ether oxygens (including phenoxy) is 2. The first-order valence-electron chi connectivity index (χ1n) is 4.50. The average molecular weight is 298 g/mol. The van der Waals surface area contributed by atoms with Crippen LogP contribution in [0.15, 0.2) is 0 Å². The zero-order valence-corrected chi connectivity index (χ0v) is 10.1. The molecular formula is C9H15IO3. The zero-order chi connectivity index (χ0) is 9.84. The van der Waals surface area contributed by atoms with E-state index in [2.05, 4.69) is 0 Å². The molecule has 0 saturated carbocycles. The Morgan fingerprint density at radius 1 is 1.69 bits per heavy atom. The Morgan fingerprint density at radius 2 is 2.38 bits per heavy atom. The van der Waals surface area contributed by atoms with E-state index in [9.17, 15) is 4.79 Å². The molecule has 76 valence electrons. The van der Waals surface area contributed by atoms with E-state index >= 15 is 0 Å². The molecule has 1 saturated heterocycles. The minimum absolute atomic E-state index is 0.110. The number of halogens is 1. The van der Waals surface area contributed by atoms with Crippen LogP contribution in [0.5, 0.6) is 0 Å². The van der Waals surface area contributed by atoms with Gasteiger partial charge in [-0.1, -0.05) is 0 Å². The van der Waals surface area contributed by atoms with Crippen LogP contribution in [0, 0.1) is 0 Å². The second-order valence-corrected chi connectivity index (χ2v) is 4.59. The van der Waals surface area contributed by atoms with Crippen LogP contribution in [-0.2, 0) is 14.3 Å². The van der Waals surface area contributed by atoms with Crippen LogP contribution in [0.25, 0.3) is 0 Å². The Kier molecular flexibility index (Phi) is 4.61. The fourth-order valence-electron chi connectivity index (χ4n) is 1.68. The third kappa shape index (κ3) is 3.52. The van der Waals surface area contributed by atoms with Crippen LogP contribution in [0.3, 0.4) is 0 Å². The van der Waals surface area contributed by atoms with E-state index in [1.807, 2.05) is 29.5 Å². The van der Waals surface area contributed by atoms with Crippen molar-refractivity contribution >= 4 is 26.4 Å². The highest BCUT2D eigenvalue weighted by Crippen LogP contribution is 2.25. The molecule has 0 aliphatic carbocycles. The molecule has 1 aliphatic heterocycles. The van der Waals surface area contributed by atoms with Crippen molar-refractivity contribution in [3.63, 3.8) is 0 Å². The molecule has 0 radical (unpaired) electrons. The third-order valence-electron chi connectivity index (χ3n) is 2.31. The predicted octanol–water partition coefficient (Wildman–Crippen LogP) is 1.92. The summed E-state index contributed by atoms with van der Waals surface area (Å²) in [6, 6.07) is 0. The zero-order valence-electron chi connectivity index (χ0n) is 7.96. The van der Waals surface area contributed by atoms with E-state index in [0.717, 1.165) is 12.8 Å². The molecule has 0 aromatic carbocycles. The second-order valence-electron chi connectivity index (χ2n) is 3.39. The van der Waals surface area contributed by atoms with Gasteiger partial charge in [-0.15, -0.1) is 0 Å². The summed E-state index contributed by atoms with van der Waals surface area (Å²) in [5.41, 5.74) is 0. The molecule has 0 amide bonds. The highest BCUT2D eigenvalue weighted by atomic mass is 127. The Hall–Kier alpha value is 0.320. The highest BCUT2D eigenvalue weighted by Gasteiger charge is 2.32. The predicted molar refractivity (Wildman–Crippen MR) is 58.0 cm³/mol. The van der Waals surface area contributed by atoms with Gasteiger partial charge in [0.05, 0.1) is 18.3 Å². The van der Waals surface area contributed by atoms with Crippen molar-refractivity contribution in [1.29, 1.82) is 0 Å². The first kappa shape index (κ1) is 11.4. The summed E-state index contributed by atoms with van der Waals surface area (Å²) in [6.07, 6.45) is 2.85. The lowest BCUT2D eigenvalue weighted by atomic mass is 10.1. The van der Waals surface area contributed by atoms with Gasteiger partial charge in [0.1, 0.15) is 0 Å². The van der Waals surface area contributed by atoms with E-state index in [0.29, 0.717) is 6.42 Å². The second kappa shape index (κ2) is 5.26. The summed E-state index contributed by atoms with van der Waals surface area (Å²) in [4.78, 5) is 10.8. The topological polar surface area (TPSA) is 35.5 Å². The van der Waals surface area contributed by atoms with Crippen LogP contribution in [0.2, 0.25) is 0 Å². The summed E-state index contributed by atoms with van der Waals surface area (Å²) in [7, 11) is 1.70. The number of carbonyl (C=O) groups is 1. The Labute approximate surface area is 92.3 Å². The summed E-state index contributed by atoms with van der Waals surface area (Å²) in [5, 5.41) is 0. The quantitative estimate of drug-likeness (QED) is 0.587. The fourth-order valence-corrected chi connectivity index (χ4v) is 1.99. The molecule has 1 unspecified atom stereocenters. The van der Waals surface area contributed by atoms with Gasteiger partial charge in [-0.25, -0.2) is 0 Å². The first-order valence-corrected chi connectivity index (χ1v) is 5.58. The maximum Gasteiger partial charge on any atom is 0.192 e. The van der Waals surface area contributed by atoms with Crippen LogP contribution in [0.1, 0.15) is 26.2 Å². The smallest absolute Gasteiger partial charge is 0.192 e. The molecule has 0 bridgehead atoms. The molecule has 1 aliphatic rings. The van der Waals surface area contributed by atoms with Crippen LogP contribution < -0.4 is 0 Å². The molecule has 0 aromatic heterocycles. The molecule has 1 heterocycles. The van der Waals surface area contributed by atoms with Crippen molar-refractivity contribution in [3.8, 4) is 0 Å². The molecule has 0 spiro atoms. The average Bonchev–Trinajstić information content (AvgIpc) is 2.42. The maximum absolute atomic E-state index is 10.8. The van der Waals surface area contributed by atoms with Crippen molar-refractivity contribution in [2.24, 2.45) is 0 Å². The van der Waals surface area contributed by atoms with E-state index in [-0.39, 0.29) is 22.1 Å². The van der Waals surface area contributed by atoms with Crippen LogP contribution in [-0.4, -0.2) is 29.2 Å². The van der Waals surface area contributed by atoms with Crippen molar-refractivity contribution in [3.05, 3.63) is 0 Å². The summed E-state index contributed by atoms with van der Waals surface area (Å²) in [5.74, 6) is 0. The van der Waals surface area contributed by atoms with Crippen molar-refractivity contribution < 1.29 is 14.3 Å². The molecular weight excluding hydrogens is 283 g/mol. The molecule has 3 atom stereocenters. The Bertz CT molecular complexity index is 184. The minimum Gasteiger partial charge on any atom is -0.379 e. The number of carbonyl (C=O) groups excluding carboxylic acids is 1. The molecule has 1 rings (SSSR count). The van der Waals surface area contributed by atoms with Gasteiger partial charge in [0, 0.05) is 20.0 Å². The van der Waals surface area contributed by atoms with Crippen LogP contribution in [0.4, 0.5) is 0 Å². The number of hydrogen-bond acceptors (Lipinski definition) is 3. The summed E-state index contributed by atoms with van der Waals surface area (Å²) < 4.78 is 11.1. The van der Waals surface area contributed by atoms with E-state index in [4.69, 9.17) is 9.47 Å². The monoisotopic (exact) mass is 298 g/mol. The van der Waals surface area contributed by atoms with E-state index in [1.54, 1.807) is 7.11 Å². The van der Waals surface area contributed by atoms with Gasteiger partial charge in [-0.2, -0.15) is 0 Å². The van der Waals surface area contributed by atoms with Gasteiger partial charge in [0.2, 0.25) is 0 Å². The van der Waals surface area contributed by atoms with Crippen molar-refractivity contribution in [1.82, 2.24) is 0 Å². The van der Waals surface area contributed by atoms with Crippen molar-refractivity contribution in [2.75, 3.05) is 7.11 Å². The van der Waals surface area contributed by atoms with Crippen LogP contribution >= 0.6 is 22.6 Å². The SMILES string of the molecule is COC1C[C@H](C)O[C@@H]1CCC(=O)I. The van der Waals surface area contributed by atoms with E-state index in [1.165, 1.54) is 0 Å². The normalized spacial score (nSPS) is 33.6. The molecule has 0 aromatic rings. The molecule has 13 heavy (non-hydrogen) atoms. The number of hydrogen-bond donors (Lipinski definition) is 0. The lowest BCUT2D eigenvalue weighted by Crippen LogP contribution is -2.23. The third-order valence-corrected chi connectivity index (χ3v) is 2.85. The van der Waals surface area contributed by atoms with Gasteiger partial charge in [-0.3, -0.25) is 4.79 Å². The fraction of sp³-hybridized carbons (Fsp3) is 0.889.